The average molecular weight is 522 g/mol. The number of rotatable bonds is 7. The van der Waals surface area contributed by atoms with Crippen molar-refractivity contribution in [3.63, 3.8) is 0 Å². The lowest BCUT2D eigenvalue weighted by Crippen LogP contribution is -2.44. The summed E-state index contributed by atoms with van der Waals surface area (Å²) in [6.07, 6.45) is 0.763. The molecule has 1 aliphatic heterocycles. The van der Waals surface area contributed by atoms with Gasteiger partial charge in [-0.25, -0.2) is 8.42 Å². The van der Waals surface area contributed by atoms with Crippen molar-refractivity contribution in [1.82, 2.24) is 16.0 Å². The third-order valence-corrected chi connectivity index (χ3v) is 6.49. The summed E-state index contributed by atoms with van der Waals surface area (Å²) in [7, 11) is -1.29. The van der Waals surface area contributed by atoms with E-state index in [-0.39, 0.29) is 59.3 Å². The molecule has 1 heterocycles. The van der Waals surface area contributed by atoms with Crippen LogP contribution in [0, 0.1) is 0 Å². The van der Waals surface area contributed by atoms with Crippen LogP contribution < -0.4 is 16.0 Å². The molecule has 0 spiro atoms. The molecule has 2 rings (SSSR count). The van der Waals surface area contributed by atoms with Gasteiger partial charge in [-0.05, 0) is 12.0 Å². The first kappa shape index (κ1) is 24.7. The molecule has 1 atom stereocenters. The maximum absolute atomic E-state index is 12.0. The molecule has 1 saturated heterocycles. The highest BCUT2D eigenvalue weighted by Crippen LogP contribution is 2.21. The molecule has 3 N–H and O–H groups in total. The molecule has 9 heteroatoms. The largest absolute Gasteiger partial charge is 0.356 e. The van der Waals surface area contributed by atoms with E-state index in [1.807, 2.05) is 18.2 Å². The van der Waals surface area contributed by atoms with Crippen LogP contribution in [0.3, 0.4) is 0 Å². The number of nitrogens with one attached hydrogen (secondary N) is 3. The van der Waals surface area contributed by atoms with Gasteiger partial charge in [0.25, 0.3) is 0 Å². The third kappa shape index (κ3) is 7.94. The Morgan fingerprint density at radius 3 is 2.46 bits per heavy atom. The zero-order valence-corrected chi connectivity index (χ0v) is 19.8. The monoisotopic (exact) mass is 522 g/mol. The zero-order chi connectivity index (χ0) is 19.9. The van der Waals surface area contributed by atoms with Crippen molar-refractivity contribution in [1.29, 1.82) is 0 Å². The molecule has 28 heavy (non-hydrogen) atoms. The molecule has 0 aromatic heterocycles. The zero-order valence-electron chi connectivity index (χ0n) is 16.7. The summed E-state index contributed by atoms with van der Waals surface area (Å²) < 4.78 is 22.9. The van der Waals surface area contributed by atoms with Gasteiger partial charge in [0.05, 0.1) is 11.5 Å². The lowest BCUT2D eigenvalue weighted by molar-refractivity contribution is -0.121. The van der Waals surface area contributed by atoms with Gasteiger partial charge < -0.3 is 16.0 Å². The SMILES string of the molecule is CN=C(NCCC(=O)NC1CCS(=O)(=O)C1)NCC(C)(C)c1ccccc1.I. The van der Waals surface area contributed by atoms with Crippen LogP contribution in [0.1, 0.15) is 32.3 Å². The molecular weight excluding hydrogens is 491 g/mol. The average Bonchev–Trinajstić information content (AvgIpc) is 2.97. The Morgan fingerprint density at radius 2 is 1.89 bits per heavy atom. The number of benzene rings is 1. The van der Waals surface area contributed by atoms with Crippen LogP contribution in [0.4, 0.5) is 0 Å². The number of aliphatic imine (C=N–C) groups is 1. The summed E-state index contributed by atoms with van der Waals surface area (Å²) >= 11 is 0. The Bertz CT molecular complexity index is 767. The summed E-state index contributed by atoms with van der Waals surface area (Å²) in [5.74, 6) is 0.688. The fourth-order valence-electron chi connectivity index (χ4n) is 3.02. The Morgan fingerprint density at radius 1 is 1.21 bits per heavy atom. The predicted molar refractivity (Wildman–Crippen MR) is 124 cm³/mol. The van der Waals surface area contributed by atoms with E-state index in [9.17, 15) is 13.2 Å². The topological polar surface area (TPSA) is 99.7 Å². The first-order chi connectivity index (χ1) is 12.7. The summed E-state index contributed by atoms with van der Waals surface area (Å²) in [5.41, 5.74) is 1.17. The van der Waals surface area contributed by atoms with E-state index in [1.165, 1.54) is 5.56 Å². The van der Waals surface area contributed by atoms with Crippen molar-refractivity contribution >= 4 is 45.7 Å². The minimum absolute atomic E-state index is 0. The quantitative estimate of drug-likeness (QED) is 0.286. The first-order valence-corrected chi connectivity index (χ1v) is 11.0. The molecule has 1 aliphatic rings. The number of sulfone groups is 1. The van der Waals surface area contributed by atoms with Crippen molar-refractivity contribution in [2.24, 2.45) is 4.99 Å². The van der Waals surface area contributed by atoms with Crippen molar-refractivity contribution in [3.05, 3.63) is 35.9 Å². The predicted octanol–water partition coefficient (Wildman–Crippen LogP) is 1.44. The molecule has 0 radical (unpaired) electrons. The molecule has 7 nitrogen and oxygen atoms in total. The maximum atomic E-state index is 12.0. The number of carbonyl (C=O) groups is 1. The second kappa shape index (κ2) is 11.0. The molecule has 1 unspecified atom stereocenters. The number of carbonyl (C=O) groups excluding carboxylic acids is 1. The van der Waals surface area contributed by atoms with Crippen LogP contribution in [-0.2, 0) is 20.0 Å². The second-order valence-corrected chi connectivity index (χ2v) is 9.75. The number of hydrogen-bond acceptors (Lipinski definition) is 4. The number of halogens is 1. The van der Waals surface area contributed by atoms with Crippen LogP contribution in [0.15, 0.2) is 35.3 Å². The summed E-state index contributed by atoms with van der Waals surface area (Å²) in [6.45, 7) is 5.44. The minimum atomic E-state index is -2.98. The molecule has 1 aromatic carbocycles. The van der Waals surface area contributed by atoms with Crippen LogP contribution >= 0.6 is 24.0 Å². The summed E-state index contributed by atoms with van der Waals surface area (Å²) in [5, 5.41) is 9.20. The van der Waals surface area contributed by atoms with Crippen LogP contribution in [-0.4, -0.2) is 58.0 Å². The summed E-state index contributed by atoms with van der Waals surface area (Å²) in [6, 6.07) is 10.00. The van der Waals surface area contributed by atoms with E-state index in [4.69, 9.17) is 0 Å². The summed E-state index contributed by atoms with van der Waals surface area (Å²) in [4.78, 5) is 16.2. The van der Waals surface area contributed by atoms with Crippen LogP contribution in [0.5, 0.6) is 0 Å². The highest BCUT2D eigenvalue weighted by Gasteiger charge is 2.28. The highest BCUT2D eigenvalue weighted by atomic mass is 127. The standard InChI is InChI=1S/C19H30N4O3S.HI/c1-19(2,15-7-5-4-6-8-15)14-22-18(20-3)21-11-9-17(24)23-16-10-12-27(25,26)13-16;/h4-8,16H,9-14H2,1-3H3,(H,23,24)(H2,20,21,22);1H. The van der Waals surface area contributed by atoms with Gasteiger partial charge in [0, 0.05) is 38.0 Å². The van der Waals surface area contributed by atoms with Gasteiger partial charge in [-0.15, -0.1) is 24.0 Å². The minimum Gasteiger partial charge on any atom is -0.356 e. The Hall–Kier alpha value is -1.36. The third-order valence-electron chi connectivity index (χ3n) is 4.72. The van der Waals surface area contributed by atoms with E-state index >= 15 is 0 Å². The number of hydrogen-bond donors (Lipinski definition) is 3. The molecule has 0 aliphatic carbocycles. The van der Waals surface area contributed by atoms with Gasteiger partial charge in [0.2, 0.25) is 5.91 Å². The molecule has 0 saturated carbocycles. The van der Waals surface area contributed by atoms with E-state index in [1.54, 1.807) is 7.05 Å². The van der Waals surface area contributed by atoms with E-state index in [2.05, 4.69) is 46.9 Å². The fourth-order valence-corrected chi connectivity index (χ4v) is 4.69. The van der Waals surface area contributed by atoms with Crippen LogP contribution in [0.25, 0.3) is 0 Å². The lowest BCUT2D eigenvalue weighted by atomic mass is 9.85. The van der Waals surface area contributed by atoms with Gasteiger partial charge in [-0.1, -0.05) is 44.2 Å². The Balaban J connectivity index is 0.00000392. The number of guanidine groups is 1. The van der Waals surface area contributed by atoms with Gasteiger partial charge in [0.1, 0.15) is 0 Å². The Kier molecular flexibility index (Phi) is 9.68. The smallest absolute Gasteiger partial charge is 0.222 e. The van der Waals surface area contributed by atoms with Gasteiger partial charge in [0.15, 0.2) is 15.8 Å². The molecule has 1 aromatic rings. The molecular formula is C19H31IN4O3S. The second-order valence-electron chi connectivity index (χ2n) is 7.52. The molecule has 1 fully saturated rings. The number of amides is 1. The van der Waals surface area contributed by atoms with Gasteiger partial charge in [-0.2, -0.15) is 0 Å². The van der Waals surface area contributed by atoms with Gasteiger partial charge >= 0.3 is 0 Å². The lowest BCUT2D eigenvalue weighted by Gasteiger charge is -2.26. The van der Waals surface area contributed by atoms with E-state index in [0.717, 1.165) is 0 Å². The van der Waals surface area contributed by atoms with Crippen molar-refractivity contribution in [2.45, 2.75) is 38.1 Å². The Labute approximate surface area is 185 Å². The van der Waals surface area contributed by atoms with E-state index in [0.29, 0.717) is 25.5 Å². The number of nitrogens with zero attached hydrogens (tertiary/aromatic N) is 1. The van der Waals surface area contributed by atoms with Crippen molar-refractivity contribution < 1.29 is 13.2 Å². The van der Waals surface area contributed by atoms with E-state index < -0.39 is 9.84 Å². The molecule has 0 bridgehead atoms. The first-order valence-electron chi connectivity index (χ1n) is 9.22. The normalized spacial score (nSPS) is 18.8. The van der Waals surface area contributed by atoms with Crippen molar-refractivity contribution in [3.8, 4) is 0 Å². The van der Waals surface area contributed by atoms with Gasteiger partial charge in [-0.3, -0.25) is 9.79 Å². The van der Waals surface area contributed by atoms with Crippen molar-refractivity contribution in [2.75, 3.05) is 31.6 Å². The van der Waals surface area contributed by atoms with Crippen LogP contribution in [0.2, 0.25) is 0 Å². The highest BCUT2D eigenvalue weighted by molar-refractivity contribution is 14.0. The maximum Gasteiger partial charge on any atom is 0.222 e. The molecule has 158 valence electrons. The molecule has 1 amide bonds. The fraction of sp³-hybridized carbons (Fsp3) is 0.579.